The van der Waals surface area contributed by atoms with E-state index in [4.69, 9.17) is 9.47 Å². The molecule has 3 heterocycles. The summed E-state index contributed by atoms with van der Waals surface area (Å²) in [5.41, 5.74) is 0. The van der Waals surface area contributed by atoms with E-state index in [9.17, 15) is 9.59 Å². The van der Waals surface area contributed by atoms with Crippen LogP contribution in [-0.2, 0) is 14.3 Å². The average Bonchev–Trinajstić information content (AvgIpc) is 2.95. The van der Waals surface area contributed by atoms with Crippen LogP contribution in [-0.4, -0.2) is 92.1 Å². The number of carbonyl (C=O) groups is 2. The fourth-order valence-electron chi connectivity index (χ4n) is 4.78. The molecule has 7 nitrogen and oxygen atoms in total. The molecule has 0 radical (unpaired) electrons. The van der Waals surface area contributed by atoms with Gasteiger partial charge in [-0.2, -0.15) is 0 Å². The van der Waals surface area contributed by atoms with Crippen molar-refractivity contribution in [3.8, 4) is 5.75 Å². The summed E-state index contributed by atoms with van der Waals surface area (Å²) in [5, 5.41) is 0. The number of carbonyl (C=O) groups excluding carboxylic acids is 2. The minimum absolute atomic E-state index is 0.0389. The lowest BCUT2D eigenvalue weighted by Crippen LogP contribution is -2.45. The van der Waals surface area contributed by atoms with Gasteiger partial charge in [0, 0.05) is 52.2 Å². The van der Waals surface area contributed by atoms with E-state index in [1.807, 2.05) is 40.1 Å². The third-order valence-electron chi connectivity index (χ3n) is 6.70. The van der Waals surface area contributed by atoms with Gasteiger partial charge in [0.25, 0.3) is 5.91 Å². The first-order chi connectivity index (χ1) is 14.7. The van der Waals surface area contributed by atoms with Crippen LogP contribution in [0.5, 0.6) is 5.75 Å². The molecule has 3 saturated heterocycles. The van der Waals surface area contributed by atoms with E-state index in [0.717, 1.165) is 77.6 Å². The summed E-state index contributed by atoms with van der Waals surface area (Å²) in [7, 11) is 0. The highest BCUT2D eigenvalue weighted by Gasteiger charge is 2.36. The first-order valence-electron chi connectivity index (χ1n) is 11.2. The minimum atomic E-state index is 0.0389. The molecule has 30 heavy (non-hydrogen) atoms. The number of amides is 2. The number of likely N-dealkylation sites (tertiary alicyclic amines) is 2. The Bertz CT molecular complexity index is 708. The summed E-state index contributed by atoms with van der Waals surface area (Å²) in [4.78, 5) is 31.8. The highest BCUT2D eigenvalue weighted by Crippen LogP contribution is 2.32. The molecule has 0 bridgehead atoms. The van der Waals surface area contributed by atoms with Crippen molar-refractivity contribution in [2.45, 2.75) is 19.3 Å². The molecule has 0 N–H and O–H groups in total. The molecular weight excluding hydrogens is 382 g/mol. The second kappa shape index (κ2) is 10.3. The van der Waals surface area contributed by atoms with Crippen molar-refractivity contribution in [3.05, 3.63) is 30.3 Å². The van der Waals surface area contributed by atoms with Gasteiger partial charge in [-0.25, -0.2) is 0 Å². The van der Waals surface area contributed by atoms with Crippen LogP contribution in [0.15, 0.2) is 30.3 Å². The molecule has 3 aliphatic heterocycles. The highest BCUT2D eigenvalue weighted by atomic mass is 16.5. The van der Waals surface area contributed by atoms with Crippen LogP contribution >= 0.6 is 0 Å². The van der Waals surface area contributed by atoms with Crippen LogP contribution in [0.25, 0.3) is 0 Å². The van der Waals surface area contributed by atoms with Crippen molar-refractivity contribution in [1.29, 1.82) is 0 Å². The Hall–Kier alpha value is -2.12. The molecule has 0 aromatic heterocycles. The van der Waals surface area contributed by atoms with Gasteiger partial charge in [-0.1, -0.05) is 18.2 Å². The lowest BCUT2D eigenvalue weighted by atomic mass is 9.82. The minimum Gasteiger partial charge on any atom is -0.484 e. The number of benzene rings is 1. The Morgan fingerprint density at radius 3 is 2.57 bits per heavy atom. The van der Waals surface area contributed by atoms with E-state index in [2.05, 4.69) is 4.90 Å². The fourth-order valence-corrected chi connectivity index (χ4v) is 4.78. The number of ether oxygens (including phenoxy) is 2. The number of hydrogen-bond donors (Lipinski definition) is 0. The number of piperidine rings is 1. The van der Waals surface area contributed by atoms with Gasteiger partial charge in [0.05, 0.1) is 13.2 Å². The molecule has 1 aromatic rings. The van der Waals surface area contributed by atoms with E-state index in [1.165, 1.54) is 0 Å². The van der Waals surface area contributed by atoms with Gasteiger partial charge < -0.3 is 19.3 Å². The normalized spacial score (nSPS) is 25.5. The van der Waals surface area contributed by atoms with Crippen LogP contribution in [0, 0.1) is 11.8 Å². The second-order valence-electron chi connectivity index (χ2n) is 8.58. The monoisotopic (exact) mass is 415 g/mol. The molecule has 3 fully saturated rings. The third-order valence-corrected chi connectivity index (χ3v) is 6.70. The summed E-state index contributed by atoms with van der Waals surface area (Å²) >= 11 is 0. The van der Waals surface area contributed by atoms with Crippen LogP contribution in [0.2, 0.25) is 0 Å². The van der Waals surface area contributed by atoms with Gasteiger partial charge in [0.2, 0.25) is 5.91 Å². The van der Waals surface area contributed by atoms with E-state index in [1.54, 1.807) is 0 Å². The molecule has 7 heteroatoms. The number of morpholine rings is 1. The third kappa shape index (κ3) is 5.52. The van der Waals surface area contributed by atoms with E-state index >= 15 is 0 Å². The Balaban J connectivity index is 1.25. The Kier molecular flexibility index (Phi) is 7.23. The van der Waals surface area contributed by atoms with Gasteiger partial charge in [0.1, 0.15) is 5.75 Å². The first-order valence-corrected chi connectivity index (χ1v) is 11.2. The summed E-state index contributed by atoms with van der Waals surface area (Å²) in [5.74, 6) is 1.83. The van der Waals surface area contributed by atoms with E-state index < -0.39 is 0 Å². The van der Waals surface area contributed by atoms with E-state index in [-0.39, 0.29) is 18.4 Å². The maximum atomic E-state index is 12.8. The van der Waals surface area contributed by atoms with Crippen molar-refractivity contribution in [2.24, 2.45) is 11.8 Å². The van der Waals surface area contributed by atoms with E-state index in [0.29, 0.717) is 18.3 Å². The van der Waals surface area contributed by atoms with Crippen molar-refractivity contribution in [2.75, 3.05) is 65.6 Å². The predicted molar refractivity (Wildman–Crippen MR) is 113 cm³/mol. The fraction of sp³-hybridized carbons (Fsp3) is 0.652. The van der Waals surface area contributed by atoms with Crippen molar-refractivity contribution < 1.29 is 19.1 Å². The maximum Gasteiger partial charge on any atom is 0.260 e. The Morgan fingerprint density at radius 2 is 1.77 bits per heavy atom. The zero-order valence-corrected chi connectivity index (χ0v) is 17.7. The van der Waals surface area contributed by atoms with Gasteiger partial charge in [0.15, 0.2) is 6.61 Å². The lowest BCUT2D eigenvalue weighted by Gasteiger charge is -2.37. The largest absolute Gasteiger partial charge is 0.484 e. The van der Waals surface area contributed by atoms with Gasteiger partial charge in [-0.3, -0.25) is 14.5 Å². The number of nitrogens with zero attached hydrogens (tertiary/aromatic N) is 3. The van der Waals surface area contributed by atoms with Crippen LogP contribution in [0.4, 0.5) is 0 Å². The predicted octanol–water partition coefficient (Wildman–Crippen LogP) is 1.48. The SMILES string of the molecule is O=C1C[C@@H]2CCN(C(=O)COc3ccccc3)C[C@@H]2CCN1CCN1CCOCC1. The first kappa shape index (κ1) is 21.1. The van der Waals surface area contributed by atoms with Gasteiger partial charge in [-0.15, -0.1) is 0 Å². The smallest absolute Gasteiger partial charge is 0.260 e. The zero-order valence-electron chi connectivity index (χ0n) is 17.7. The second-order valence-corrected chi connectivity index (χ2v) is 8.58. The molecule has 2 atom stereocenters. The molecular formula is C23H33N3O4. The molecule has 4 rings (SSSR count). The number of para-hydroxylation sites is 1. The quantitative estimate of drug-likeness (QED) is 0.704. The van der Waals surface area contributed by atoms with Crippen LogP contribution in [0.1, 0.15) is 19.3 Å². The number of hydrogen-bond acceptors (Lipinski definition) is 5. The van der Waals surface area contributed by atoms with Crippen LogP contribution < -0.4 is 4.74 Å². The highest BCUT2D eigenvalue weighted by molar-refractivity contribution is 5.78. The molecule has 0 unspecified atom stereocenters. The molecule has 0 spiro atoms. The summed E-state index contributed by atoms with van der Waals surface area (Å²) in [6, 6.07) is 9.46. The molecule has 1 aromatic carbocycles. The van der Waals surface area contributed by atoms with Crippen molar-refractivity contribution in [1.82, 2.24) is 14.7 Å². The summed E-state index contributed by atoms with van der Waals surface area (Å²) in [6.45, 7) is 7.54. The average molecular weight is 416 g/mol. The lowest BCUT2D eigenvalue weighted by molar-refractivity contribution is -0.136. The molecule has 164 valence electrons. The number of rotatable bonds is 6. The Labute approximate surface area is 178 Å². The topological polar surface area (TPSA) is 62.3 Å². The van der Waals surface area contributed by atoms with Crippen LogP contribution in [0.3, 0.4) is 0 Å². The zero-order chi connectivity index (χ0) is 20.8. The molecule has 0 aliphatic carbocycles. The number of fused-ring (bicyclic) bond motifs is 1. The molecule has 3 aliphatic rings. The Morgan fingerprint density at radius 1 is 1.00 bits per heavy atom. The molecule has 2 amide bonds. The van der Waals surface area contributed by atoms with Gasteiger partial charge in [-0.05, 0) is 36.8 Å². The van der Waals surface area contributed by atoms with Gasteiger partial charge >= 0.3 is 0 Å². The van der Waals surface area contributed by atoms with Crippen molar-refractivity contribution >= 4 is 11.8 Å². The van der Waals surface area contributed by atoms with Crippen molar-refractivity contribution in [3.63, 3.8) is 0 Å². The summed E-state index contributed by atoms with van der Waals surface area (Å²) < 4.78 is 11.0. The summed E-state index contributed by atoms with van der Waals surface area (Å²) in [6.07, 6.45) is 2.50. The standard InChI is InChI=1S/C23H33N3O4/c27-22-16-19-6-9-26(23(28)18-30-21-4-2-1-3-5-21)17-20(19)7-8-25(22)11-10-24-12-14-29-15-13-24/h1-5,19-20H,6-18H2/t19-,20-/m0/s1. The maximum absolute atomic E-state index is 12.8. The molecule has 0 saturated carbocycles.